The quantitative estimate of drug-likeness (QED) is 0.822. The lowest BCUT2D eigenvalue weighted by atomic mass is 10.2. The first-order valence-corrected chi connectivity index (χ1v) is 5.62. The van der Waals surface area contributed by atoms with Crippen molar-refractivity contribution in [1.29, 1.82) is 0 Å². The monoisotopic (exact) mass is 230 g/mol. The number of aromatic nitrogens is 1. The molecule has 0 radical (unpaired) electrons. The van der Waals surface area contributed by atoms with Crippen molar-refractivity contribution in [1.82, 2.24) is 4.98 Å². The third-order valence-corrected chi connectivity index (χ3v) is 2.85. The lowest BCUT2D eigenvalue weighted by Crippen LogP contribution is -2.05. The van der Waals surface area contributed by atoms with Crippen LogP contribution in [0.2, 0.25) is 0 Å². The van der Waals surface area contributed by atoms with E-state index in [-0.39, 0.29) is 0 Å². The molecule has 3 nitrogen and oxygen atoms in total. The van der Waals surface area contributed by atoms with Crippen molar-refractivity contribution < 1.29 is 4.79 Å². The van der Waals surface area contributed by atoms with Crippen LogP contribution in [0.4, 0.5) is 0 Å². The molecule has 0 aliphatic heterocycles. The van der Waals surface area contributed by atoms with Crippen molar-refractivity contribution in [3.63, 3.8) is 0 Å². The molecule has 80 valence electrons. The number of carbonyl (C=O) groups is 1. The normalized spacial score (nSPS) is 10.8. The number of nitrogens with zero attached hydrogens (tertiary/aromatic N) is 1. The van der Waals surface area contributed by atoms with Gasteiger partial charge in [-0.15, -0.1) is 11.3 Å². The molecule has 2 heterocycles. The fourth-order valence-electron chi connectivity index (χ4n) is 1.27. The number of nitrogens with two attached hydrogens (primary N) is 1. The zero-order valence-corrected chi connectivity index (χ0v) is 9.28. The highest BCUT2D eigenvalue weighted by Crippen LogP contribution is 2.22. The Morgan fingerprint density at radius 1 is 1.31 bits per heavy atom. The summed E-state index contributed by atoms with van der Waals surface area (Å²) in [6.07, 6.45) is 2.92. The first-order chi connectivity index (χ1) is 7.75. The SMILES string of the molecule is NC(=O)/C=C\c1cccc(-c2cccs2)n1. The number of thiophene rings is 1. The first kappa shape index (κ1) is 10.6. The van der Waals surface area contributed by atoms with E-state index in [4.69, 9.17) is 5.73 Å². The Hall–Kier alpha value is -1.94. The number of amides is 1. The molecule has 4 heteroatoms. The first-order valence-electron chi connectivity index (χ1n) is 4.74. The van der Waals surface area contributed by atoms with Gasteiger partial charge in [0.05, 0.1) is 16.3 Å². The Bertz CT molecular complexity index is 518. The summed E-state index contributed by atoms with van der Waals surface area (Å²) >= 11 is 1.63. The van der Waals surface area contributed by atoms with Gasteiger partial charge in [-0.25, -0.2) is 4.98 Å². The summed E-state index contributed by atoms with van der Waals surface area (Å²) in [5, 5.41) is 2.00. The summed E-state index contributed by atoms with van der Waals surface area (Å²) in [6.45, 7) is 0. The predicted molar refractivity (Wildman–Crippen MR) is 65.8 cm³/mol. The van der Waals surface area contributed by atoms with E-state index >= 15 is 0 Å². The van der Waals surface area contributed by atoms with Gasteiger partial charge < -0.3 is 5.73 Å². The third kappa shape index (κ3) is 2.55. The van der Waals surface area contributed by atoms with Gasteiger partial charge in [0.2, 0.25) is 5.91 Å². The van der Waals surface area contributed by atoms with Gasteiger partial charge >= 0.3 is 0 Å². The smallest absolute Gasteiger partial charge is 0.241 e. The molecular weight excluding hydrogens is 220 g/mol. The second-order valence-electron chi connectivity index (χ2n) is 3.16. The minimum atomic E-state index is -0.469. The molecule has 0 aliphatic carbocycles. The van der Waals surface area contributed by atoms with E-state index in [2.05, 4.69) is 4.98 Å². The lowest BCUT2D eigenvalue weighted by molar-refractivity contribution is -0.113. The van der Waals surface area contributed by atoms with Crippen LogP contribution in [0.15, 0.2) is 41.8 Å². The summed E-state index contributed by atoms with van der Waals surface area (Å²) in [7, 11) is 0. The molecule has 0 aliphatic rings. The van der Waals surface area contributed by atoms with Crippen LogP contribution in [0.3, 0.4) is 0 Å². The summed E-state index contributed by atoms with van der Waals surface area (Å²) in [6, 6.07) is 9.66. The van der Waals surface area contributed by atoms with Crippen molar-refractivity contribution in [2.24, 2.45) is 5.73 Å². The molecule has 16 heavy (non-hydrogen) atoms. The molecule has 0 bridgehead atoms. The highest BCUT2D eigenvalue weighted by atomic mass is 32.1. The molecule has 0 atom stereocenters. The average Bonchev–Trinajstić information content (AvgIpc) is 2.80. The second-order valence-corrected chi connectivity index (χ2v) is 4.11. The number of rotatable bonds is 3. The van der Waals surface area contributed by atoms with Gasteiger partial charge in [-0.2, -0.15) is 0 Å². The van der Waals surface area contributed by atoms with Crippen LogP contribution in [0.25, 0.3) is 16.6 Å². The van der Waals surface area contributed by atoms with E-state index in [0.717, 1.165) is 16.3 Å². The van der Waals surface area contributed by atoms with E-state index in [0.29, 0.717) is 0 Å². The Labute approximate surface area is 97.3 Å². The number of pyridine rings is 1. The van der Waals surface area contributed by atoms with Crippen LogP contribution in [0.1, 0.15) is 5.69 Å². The minimum Gasteiger partial charge on any atom is -0.366 e. The van der Waals surface area contributed by atoms with Crippen LogP contribution in [-0.2, 0) is 4.79 Å². The zero-order valence-electron chi connectivity index (χ0n) is 8.46. The molecule has 2 aromatic rings. The van der Waals surface area contributed by atoms with Gasteiger partial charge in [-0.3, -0.25) is 4.79 Å². The summed E-state index contributed by atoms with van der Waals surface area (Å²) in [4.78, 5) is 16.1. The fraction of sp³-hybridized carbons (Fsp3) is 0. The molecule has 0 saturated carbocycles. The highest BCUT2D eigenvalue weighted by molar-refractivity contribution is 7.13. The zero-order chi connectivity index (χ0) is 11.4. The topological polar surface area (TPSA) is 56.0 Å². The highest BCUT2D eigenvalue weighted by Gasteiger charge is 1.99. The van der Waals surface area contributed by atoms with Crippen molar-refractivity contribution in [3.8, 4) is 10.6 Å². The van der Waals surface area contributed by atoms with Crippen molar-refractivity contribution in [2.45, 2.75) is 0 Å². The van der Waals surface area contributed by atoms with E-state index in [9.17, 15) is 4.79 Å². The summed E-state index contributed by atoms with van der Waals surface area (Å²) in [5.74, 6) is -0.469. The molecule has 2 rings (SSSR count). The summed E-state index contributed by atoms with van der Waals surface area (Å²) < 4.78 is 0. The lowest BCUT2D eigenvalue weighted by Gasteiger charge is -1.98. The van der Waals surface area contributed by atoms with Gasteiger partial charge in [-0.05, 0) is 29.7 Å². The van der Waals surface area contributed by atoms with Crippen LogP contribution in [0.5, 0.6) is 0 Å². The Balaban J connectivity index is 2.30. The predicted octanol–water partition coefficient (Wildman–Crippen LogP) is 2.31. The van der Waals surface area contributed by atoms with Crippen molar-refractivity contribution >= 4 is 23.3 Å². The van der Waals surface area contributed by atoms with Crippen LogP contribution < -0.4 is 5.73 Å². The van der Waals surface area contributed by atoms with Gasteiger partial charge in [0, 0.05) is 6.08 Å². The van der Waals surface area contributed by atoms with E-state index in [1.165, 1.54) is 6.08 Å². The average molecular weight is 230 g/mol. The summed E-state index contributed by atoms with van der Waals surface area (Å²) in [5.41, 5.74) is 6.65. The minimum absolute atomic E-state index is 0.469. The maximum Gasteiger partial charge on any atom is 0.241 e. The Kier molecular flexibility index (Phi) is 3.12. The standard InChI is InChI=1S/C12H10N2OS/c13-12(15)7-6-9-3-1-4-10(14-9)11-5-2-8-16-11/h1-8H,(H2,13,15)/b7-6-. The molecular formula is C12H10N2OS. The molecule has 0 spiro atoms. The molecule has 1 amide bonds. The van der Waals surface area contributed by atoms with Crippen molar-refractivity contribution in [3.05, 3.63) is 47.5 Å². The van der Waals surface area contributed by atoms with Gasteiger partial charge in [0.15, 0.2) is 0 Å². The molecule has 0 aromatic carbocycles. The van der Waals surface area contributed by atoms with Crippen LogP contribution >= 0.6 is 11.3 Å². The number of carbonyl (C=O) groups excluding carboxylic acids is 1. The van der Waals surface area contributed by atoms with Crippen LogP contribution in [-0.4, -0.2) is 10.9 Å². The maximum atomic E-state index is 10.6. The molecule has 0 fully saturated rings. The molecule has 0 unspecified atom stereocenters. The van der Waals surface area contributed by atoms with E-state index in [1.54, 1.807) is 17.4 Å². The largest absolute Gasteiger partial charge is 0.366 e. The maximum absolute atomic E-state index is 10.6. The molecule has 2 N–H and O–H groups in total. The number of hydrogen-bond acceptors (Lipinski definition) is 3. The van der Waals surface area contributed by atoms with E-state index < -0.39 is 5.91 Å². The second kappa shape index (κ2) is 4.72. The van der Waals surface area contributed by atoms with Crippen molar-refractivity contribution in [2.75, 3.05) is 0 Å². The fourth-order valence-corrected chi connectivity index (χ4v) is 1.97. The molecule has 0 saturated heterocycles. The molecule has 2 aromatic heterocycles. The van der Waals surface area contributed by atoms with Gasteiger partial charge in [0.1, 0.15) is 0 Å². The van der Waals surface area contributed by atoms with Crippen LogP contribution in [0, 0.1) is 0 Å². The number of hydrogen-bond donors (Lipinski definition) is 1. The van der Waals surface area contributed by atoms with Gasteiger partial charge in [-0.1, -0.05) is 12.1 Å². The van der Waals surface area contributed by atoms with Gasteiger partial charge in [0.25, 0.3) is 0 Å². The third-order valence-electron chi connectivity index (χ3n) is 1.96. The van der Waals surface area contributed by atoms with E-state index in [1.807, 2.05) is 35.7 Å². The number of primary amides is 1. The Morgan fingerprint density at radius 2 is 2.19 bits per heavy atom. The Morgan fingerprint density at radius 3 is 2.88 bits per heavy atom.